The van der Waals surface area contributed by atoms with E-state index in [4.69, 9.17) is 9.47 Å². The van der Waals surface area contributed by atoms with Crippen molar-refractivity contribution in [2.75, 3.05) is 12.0 Å². The number of carbonyl (C=O) groups excluding carboxylic acids is 4. The zero-order chi connectivity index (χ0) is 25.8. The van der Waals surface area contributed by atoms with Crippen LogP contribution in [-0.4, -0.2) is 35.8 Å². The third kappa shape index (κ3) is 4.80. The average molecular weight is 487 g/mol. The lowest BCUT2D eigenvalue weighted by atomic mass is 10.1. The number of hydrogen-bond donors (Lipinski definition) is 1. The number of nitrogens with zero attached hydrogens (tertiary/aromatic N) is 2. The quantitative estimate of drug-likeness (QED) is 0.139. The van der Waals surface area contributed by atoms with Crippen molar-refractivity contribution >= 4 is 41.3 Å². The molecule has 36 heavy (non-hydrogen) atoms. The van der Waals surface area contributed by atoms with E-state index in [1.807, 2.05) is 0 Å². The molecule has 0 bridgehead atoms. The first-order chi connectivity index (χ1) is 17.3. The summed E-state index contributed by atoms with van der Waals surface area (Å²) < 4.78 is 10.5. The summed E-state index contributed by atoms with van der Waals surface area (Å²) in [6.07, 6.45) is 1.21. The number of carbonyl (C=O) groups is 4. The molecule has 0 unspecified atom stereocenters. The van der Waals surface area contributed by atoms with Crippen molar-refractivity contribution in [3.8, 4) is 11.5 Å². The van der Waals surface area contributed by atoms with Crippen LogP contribution in [0.4, 0.5) is 16.2 Å². The number of esters is 1. The van der Waals surface area contributed by atoms with Gasteiger partial charge in [-0.05, 0) is 48.5 Å². The molecule has 180 valence electrons. The SMILES string of the molecule is COc1ccc(N2C(=O)NC(=O)/C(=C/c3ccccc3OC(=O)c3ccc([N+](=O)[O-])cc3)C2=O)cc1. The monoisotopic (exact) mass is 487 g/mol. The Morgan fingerprint density at radius 2 is 1.64 bits per heavy atom. The number of anilines is 1. The molecule has 3 aromatic carbocycles. The average Bonchev–Trinajstić information content (AvgIpc) is 2.87. The topological polar surface area (TPSA) is 145 Å². The molecule has 4 amide bonds. The highest BCUT2D eigenvalue weighted by Crippen LogP contribution is 2.27. The molecule has 11 nitrogen and oxygen atoms in total. The number of imide groups is 2. The van der Waals surface area contributed by atoms with E-state index >= 15 is 0 Å². The maximum atomic E-state index is 13.1. The summed E-state index contributed by atoms with van der Waals surface area (Å²) in [4.78, 5) is 61.6. The molecule has 0 atom stereocenters. The van der Waals surface area contributed by atoms with E-state index in [2.05, 4.69) is 5.32 Å². The highest BCUT2D eigenvalue weighted by molar-refractivity contribution is 6.39. The zero-order valence-electron chi connectivity index (χ0n) is 18.7. The minimum atomic E-state index is -0.912. The van der Waals surface area contributed by atoms with Gasteiger partial charge in [0.2, 0.25) is 0 Å². The number of benzene rings is 3. The molecule has 1 heterocycles. The number of nitro benzene ring substituents is 1. The van der Waals surface area contributed by atoms with E-state index in [-0.39, 0.29) is 33.8 Å². The molecule has 0 aliphatic carbocycles. The van der Waals surface area contributed by atoms with Gasteiger partial charge in [0, 0.05) is 17.7 Å². The van der Waals surface area contributed by atoms with Gasteiger partial charge in [0.25, 0.3) is 17.5 Å². The second kappa shape index (κ2) is 9.89. The van der Waals surface area contributed by atoms with Crippen LogP contribution in [-0.2, 0) is 9.59 Å². The predicted molar refractivity (Wildman–Crippen MR) is 126 cm³/mol. The highest BCUT2D eigenvalue weighted by Gasteiger charge is 2.37. The molecule has 3 aromatic rings. The second-order valence-corrected chi connectivity index (χ2v) is 7.39. The van der Waals surface area contributed by atoms with Gasteiger partial charge in [0.1, 0.15) is 17.1 Å². The Morgan fingerprint density at radius 3 is 2.28 bits per heavy atom. The highest BCUT2D eigenvalue weighted by atomic mass is 16.6. The van der Waals surface area contributed by atoms with E-state index in [1.54, 1.807) is 24.3 Å². The van der Waals surface area contributed by atoms with Crippen LogP contribution < -0.4 is 19.7 Å². The van der Waals surface area contributed by atoms with Crippen molar-refractivity contribution in [1.29, 1.82) is 0 Å². The Labute approximate surface area is 203 Å². The number of urea groups is 1. The number of nitrogens with one attached hydrogen (secondary N) is 1. The Kier molecular flexibility index (Phi) is 6.55. The molecule has 0 spiro atoms. The van der Waals surface area contributed by atoms with E-state index in [1.165, 1.54) is 61.7 Å². The summed E-state index contributed by atoms with van der Waals surface area (Å²) in [6, 6.07) is 16.2. The van der Waals surface area contributed by atoms with Crippen LogP contribution in [0.15, 0.2) is 78.4 Å². The smallest absolute Gasteiger partial charge is 0.343 e. The van der Waals surface area contributed by atoms with Crippen LogP contribution in [0.5, 0.6) is 11.5 Å². The van der Waals surface area contributed by atoms with E-state index in [0.29, 0.717) is 5.75 Å². The first kappa shape index (κ1) is 23.8. The van der Waals surface area contributed by atoms with Gasteiger partial charge in [0.15, 0.2) is 0 Å². The zero-order valence-corrected chi connectivity index (χ0v) is 18.7. The Morgan fingerprint density at radius 1 is 0.972 bits per heavy atom. The number of non-ortho nitro benzene ring substituents is 1. The van der Waals surface area contributed by atoms with Gasteiger partial charge in [-0.15, -0.1) is 0 Å². The van der Waals surface area contributed by atoms with Gasteiger partial charge in [-0.2, -0.15) is 0 Å². The summed E-state index contributed by atoms with van der Waals surface area (Å²) >= 11 is 0. The lowest BCUT2D eigenvalue weighted by Gasteiger charge is -2.26. The molecule has 0 radical (unpaired) electrons. The van der Waals surface area contributed by atoms with Crippen LogP contribution in [0.2, 0.25) is 0 Å². The van der Waals surface area contributed by atoms with E-state index < -0.39 is 28.7 Å². The fourth-order valence-corrected chi connectivity index (χ4v) is 3.35. The summed E-state index contributed by atoms with van der Waals surface area (Å²) in [7, 11) is 1.47. The van der Waals surface area contributed by atoms with E-state index in [0.717, 1.165) is 4.90 Å². The van der Waals surface area contributed by atoms with Gasteiger partial charge in [-0.25, -0.2) is 14.5 Å². The summed E-state index contributed by atoms with van der Waals surface area (Å²) in [5.41, 5.74) is -0.0468. The second-order valence-electron chi connectivity index (χ2n) is 7.39. The van der Waals surface area contributed by atoms with Crippen molar-refractivity contribution < 1.29 is 33.6 Å². The Balaban J connectivity index is 1.63. The molecule has 11 heteroatoms. The third-order valence-electron chi connectivity index (χ3n) is 5.17. The number of amides is 4. The summed E-state index contributed by atoms with van der Waals surface area (Å²) in [5.74, 6) is -2.04. The van der Waals surface area contributed by atoms with Crippen molar-refractivity contribution in [2.24, 2.45) is 0 Å². The standard InChI is InChI=1S/C25H17N3O8/c1-35-19-12-10-17(11-13-19)27-23(30)20(22(29)26-25(27)32)14-16-4-2-3-5-21(16)36-24(31)15-6-8-18(9-7-15)28(33)34/h2-14H,1H3,(H,26,29,32)/b20-14-. The molecule has 0 aromatic heterocycles. The minimum absolute atomic E-state index is 0.0295. The molecule has 1 N–H and O–H groups in total. The summed E-state index contributed by atoms with van der Waals surface area (Å²) in [5, 5.41) is 12.9. The van der Waals surface area contributed by atoms with Crippen molar-refractivity contribution in [3.63, 3.8) is 0 Å². The fourth-order valence-electron chi connectivity index (χ4n) is 3.35. The van der Waals surface area contributed by atoms with Crippen LogP contribution in [0.3, 0.4) is 0 Å². The number of ether oxygens (including phenoxy) is 2. The van der Waals surface area contributed by atoms with Crippen molar-refractivity contribution in [2.45, 2.75) is 0 Å². The van der Waals surface area contributed by atoms with Crippen molar-refractivity contribution in [3.05, 3.63) is 99.6 Å². The first-order valence-electron chi connectivity index (χ1n) is 10.4. The molecule has 1 aliphatic rings. The first-order valence-corrected chi connectivity index (χ1v) is 10.4. The Bertz CT molecular complexity index is 1410. The van der Waals surface area contributed by atoms with Gasteiger partial charge in [0.05, 0.1) is 23.3 Å². The maximum Gasteiger partial charge on any atom is 0.343 e. The van der Waals surface area contributed by atoms with Gasteiger partial charge in [-0.1, -0.05) is 18.2 Å². The number of para-hydroxylation sites is 1. The van der Waals surface area contributed by atoms with Gasteiger partial charge < -0.3 is 9.47 Å². The van der Waals surface area contributed by atoms with Gasteiger partial charge >= 0.3 is 12.0 Å². The number of rotatable bonds is 6. The minimum Gasteiger partial charge on any atom is -0.497 e. The van der Waals surface area contributed by atoms with Crippen LogP contribution in [0, 0.1) is 10.1 Å². The molecular formula is C25H17N3O8. The largest absolute Gasteiger partial charge is 0.497 e. The number of hydrogen-bond acceptors (Lipinski definition) is 8. The Hall–Kier alpha value is -5.32. The van der Waals surface area contributed by atoms with Crippen molar-refractivity contribution in [1.82, 2.24) is 5.32 Å². The van der Waals surface area contributed by atoms with Crippen LogP contribution in [0.25, 0.3) is 6.08 Å². The normalized spacial score (nSPS) is 14.4. The van der Waals surface area contributed by atoms with Gasteiger partial charge in [-0.3, -0.25) is 25.0 Å². The molecular weight excluding hydrogens is 470 g/mol. The lowest BCUT2D eigenvalue weighted by Crippen LogP contribution is -2.54. The lowest BCUT2D eigenvalue weighted by molar-refractivity contribution is -0.384. The third-order valence-corrected chi connectivity index (χ3v) is 5.17. The van der Waals surface area contributed by atoms with Crippen LogP contribution >= 0.6 is 0 Å². The molecule has 1 fully saturated rings. The predicted octanol–water partition coefficient (Wildman–Crippen LogP) is 3.49. The molecule has 1 saturated heterocycles. The molecule has 1 aliphatic heterocycles. The fraction of sp³-hybridized carbons (Fsp3) is 0.0400. The maximum absolute atomic E-state index is 13.1. The molecule has 0 saturated carbocycles. The number of barbiturate groups is 1. The number of methoxy groups -OCH3 is 1. The van der Waals surface area contributed by atoms with Crippen LogP contribution in [0.1, 0.15) is 15.9 Å². The number of nitro groups is 1. The molecule has 4 rings (SSSR count). The summed E-state index contributed by atoms with van der Waals surface area (Å²) in [6.45, 7) is 0. The van der Waals surface area contributed by atoms with E-state index in [9.17, 15) is 29.3 Å².